The van der Waals surface area contributed by atoms with Crippen molar-refractivity contribution in [1.29, 1.82) is 0 Å². The van der Waals surface area contributed by atoms with Gasteiger partial charge in [-0.15, -0.1) is 0 Å². The van der Waals surface area contributed by atoms with Crippen molar-refractivity contribution in [1.82, 2.24) is 35.5 Å². The number of alkyl carbamates (subject to hydrolysis) is 2. The number of aliphatic hydroxyl groups is 1. The summed E-state index contributed by atoms with van der Waals surface area (Å²) in [5, 5.41) is 19.3. The Morgan fingerprint density at radius 3 is 1.90 bits per heavy atom. The molecule has 1 saturated heterocycles. The van der Waals surface area contributed by atoms with Crippen LogP contribution in [-0.2, 0) is 14.3 Å². The van der Waals surface area contributed by atoms with Gasteiger partial charge in [-0.1, -0.05) is 76.2 Å². The monoisotopic (exact) mass is 686 g/mol. The van der Waals surface area contributed by atoms with Crippen LogP contribution >= 0.6 is 0 Å². The average molecular weight is 687 g/mol. The van der Waals surface area contributed by atoms with Crippen LogP contribution in [0.5, 0.6) is 0 Å². The second-order valence-corrected chi connectivity index (χ2v) is 13.0. The largest absolute Gasteiger partial charge is 0.453 e. The van der Waals surface area contributed by atoms with E-state index in [1.54, 1.807) is 6.20 Å². The van der Waals surface area contributed by atoms with Gasteiger partial charge in [0.2, 0.25) is 11.9 Å². The second kappa shape index (κ2) is 16.0. The van der Waals surface area contributed by atoms with Crippen LogP contribution in [0.2, 0.25) is 0 Å². The van der Waals surface area contributed by atoms with Gasteiger partial charge in [0.05, 0.1) is 50.1 Å². The molecule has 0 saturated carbocycles. The molecule has 2 aromatic carbocycles. The van der Waals surface area contributed by atoms with Crippen LogP contribution in [0.15, 0.2) is 60.9 Å². The Balaban J connectivity index is 1.22. The van der Waals surface area contributed by atoms with Gasteiger partial charge in [0, 0.05) is 6.54 Å². The fourth-order valence-electron chi connectivity index (χ4n) is 6.17. The van der Waals surface area contributed by atoms with Gasteiger partial charge in [-0.3, -0.25) is 15.0 Å². The van der Waals surface area contributed by atoms with Gasteiger partial charge in [0.15, 0.2) is 0 Å². The Hall–Kier alpha value is -5.21. The Morgan fingerprint density at radius 1 is 0.800 bits per heavy atom. The van der Waals surface area contributed by atoms with E-state index in [4.69, 9.17) is 4.74 Å². The minimum Gasteiger partial charge on any atom is -0.453 e. The first kappa shape index (κ1) is 36.1. The highest BCUT2D eigenvalue weighted by Crippen LogP contribution is 2.34. The van der Waals surface area contributed by atoms with Gasteiger partial charge >= 0.3 is 12.2 Å². The molecule has 0 spiro atoms. The van der Waals surface area contributed by atoms with Gasteiger partial charge in [-0.05, 0) is 46.9 Å². The van der Waals surface area contributed by atoms with Crippen molar-refractivity contribution in [2.75, 3.05) is 26.1 Å². The predicted octanol–water partition coefficient (Wildman–Crippen LogP) is 5.29. The summed E-state index contributed by atoms with van der Waals surface area (Å²) in [6.07, 6.45) is 3.06. The smallest absolute Gasteiger partial charge is 0.407 e. The zero-order valence-electron chi connectivity index (χ0n) is 29.2. The summed E-state index contributed by atoms with van der Waals surface area (Å²) < 4.78 is 9.41. The first-order valence-corrected chi connectivity index (χ1v) is 16.7. The van der Waals surface area contributed by atoms with Gasteiger partial charge in [0.1, 0.15) is 18.1 Å². The lowest BCUT2D eigenvalue weighted by atomic mass is 10.0. The first-order chi connectivity index (χ1) is 24.0. The zero-order valence-corrected chi connectivity index (χ0v) is 29.2. The molecule has 4 atom stereocenters. The summed E-state index contributed by atoms with van der Waals surface area (Å²) in [6.45, 7) is 8.25. The molecule has 0 bridgehead atoms. The molecule has 1 aliphatic heterocycles. The number of aromatic nitrogens is 4. The number of aliphatic hydroxyl groups excluding tert-OH is 1. The number of carbonyl (C=O) groups is 3. The third kappa shape index (κ3) is 8.32. The maximum Gasteiger partial charge on any atom is 0.407 e. The summed E-state index contributed by atoms with van der Waals surface area (Å²) in [4.78, 5) is 53.9. The second-order valence-electron chi connectivity index (χ2n) is 13.0. The third-order valence-corrected chi connectivity index (χ3v) is 9.00. The zero-order chi connectivity index (χ0) is 35.9. The number of likely N-dealkylation sites (tertiary alicyclic amines) is 1. The predicted molar refractivity (Wildman–Crippen MR) is 189 cm³/mol. The number of nitrogens with zero attached hydrogens (tertiary/aromatic N) is 3. The number of methoxy groups -OCH3 is 2. The van der Waals surface area contributed by atoms with Crippen LogP contribution < -0.4 is 16.0 Å². The Morgan fingerprint density at radius 2 is 1.34 bits per heavy atom. The van der Waals surface area contributed by atoms with Crippen molar-refractivity contribution >= 4 is 24.0 Å². The lowest BCUT2D eigenvalue weighted by molar-refractivity contribution is -0.119. The highest BCUT2D eigenvalue weighted by molar-refractivity contribution is 5.95. The third-order valence-electron chi connectivity index (χ3n) is 9.00. The molecule has 50 heavy (non-hydrogen) atoms. The van der Waals surface area contributed by atoms with Crippen LogP contribution in [0, 0.1) is 11.8 Å². The summed E-state index contributed by atoms with van der Waals surface area (Å²) in [5.74, 6) is 0.478. The van der Waals surface area contributed by atoms with E-state index in [1.807, 2.05) is 75.2 Å². The van der Waals surface area contributed by atoms with Crippen molar-refractivity contribution in [3.05, 3.63) is 66.7 Å². The number of amides is 3. The molecule has 1 aliphatic rings. The fraction of sp³-hybridized carbons (Fsp3) is 0.417. The number of carbonyl (C=O) groups excluding carboxylic acids is 3. The van der Waals surface area contributed by atoms with E-state index in [0.717, 1.165) is 52.3 Å². The molecule has 3 heterocycles. The lowest BCUT2D eigenvalue weighted by Gasteiger charge is -2.35. The highest BCUT2D eigenvalue weighted by Gasteiger charge is 2.38. The van der Waals surface area contributed by atoms with Crippen LogP contribution in [0.3, 0.4) is 0 Å². The van der Waals surface area contributed by atoms with Crippen molar-refractivity contribution in [3.8, 4) is 33.6 Å². The standard InChI is InChI=1S/C36H46N8O6/c1-20(2)29(41-35(47)49-5)32(45)43-34-38-19-27(40-34)25-15-11-23(12-16-25)22-9-13-24(14-10-22)26-18-37-31(39-26)28-8-7-17-44(28)33(46)30(21(3)4)42-36(48)50-6/h9-16,18-21,28-30,33,46H,7-8,17H2,1-6H3,(H,37,39)(H,41,47)(H,42,48)(H2,38,40,43,45)/t28-,29?,30-,33?/m0/s1. The van der Waals surface area contributed by atoms with E-state index in [9.17, 15) is 19.5 Å². The number of nitrogens with one attached hydrogen (secondary N) is 5. The number of rotatable bonds is 12. The maximum atomic E-state index is 12.8. The van der Waals surface area contributed by atoms with Crippen molar-refractivity contribution < 1.29 is 29.0 Å². The minimum atomic E-state index is -0.892. The molecule has 5 rings (SSSR count). The Bertz CT molecular complexity index is 1750. The number of H-pyrrole nitrogens is 2. The molecule has 266 valence electrons. The molecule has 1 fully saturated rings. The number of anilines is 1. The van der Waals surface area contributed by atoms with E-state index >= 15 is 0 Å². The van der Waals surface area contributed by atoms with Crippen LogP contribution in [-0.4, -0.2) is 87.1 Å². The first-order valence-electron chi connectivity index (χ1n) is 16.7. The molecule has 14 heteroatoms. The summed E-state index contributed by atoms with van der Waals surface area (Å²) in [6, 6.07) is 14.8. The number of imidazole rings is 2. The number of aromatic amines is 2. The van der Waals surface area contributed by atoms with E-state index in [1.165, 1.54) is 14.2 Å². The highest BCUT2D eigenvalue weighted by atomic mass is 16.5. The normalized spacial score (nSPS) is 16.5. The van der Waals surface area contributed by atoms with E-state index in [0.29, 0.717) is 6.54 Å². The molecule has 2 aromatic heterocycles. The molecule has 0 aliphatic carbocycles. The van der Waals surface area contributed by atoms with Crippen LogP contribution in [0.1, 0.15) is 52.4 Å². The Kier molecular flexibility index (Phi) is 11.5. The van der Waals surface area contributed by atoms with Gasteiger partial charge in [0.25, 0.3) is 0 Å². The maximum absolute atomic E-state index is 12.8. The summed E-state index contributed by atoms with van der Waals surface area (Å²) in [7, 11) is 2.56. The molecule has 2 unspecified atom stereocenters. The SMILES string of the molecule is COC(=O)NC(C(=O)Nc1ncc(-c2ccc(-c3ccc(-c4cnc([C@@H]5CCCN5C(O)[C@@H](NC(=O)OC)C(C)C)[nH]4)cc3)cc2)[nH]1)C(C)C. The quantitative estimate of drug-likeness (QED) is 0.115. The number of ether oxygens (including phenoxy) is 2. The molecule has 0 radical (unpaired) electrons. The molecule has 4 aromatic rings. The number of hydrogen-bond acceptors (Lipinski definition) is 9. The van der Waals surface area contributed by atoms with Gasteiger partial charge in [-0.25, -0.2) is 19.6 Å². The van der Waals surface area contributed by atoms with Crippen molar-refractivity contribution in [3.63, 3.8) is 0 Å². The van der Waals surface area contributed by atoms with Crippen LogP contribution in [0.25, 0.3) is 33.6 Å². The van der Waals surface area contributed by atoms with E-state index in [-0.39, 0.29) is 23.8 Å². The number of hydrogen-bond donors (Lipinski definition) is 6. The van der Waals surface area contributed by atoms with Crippen molar-refractivity contribution in [2.24, 2.45) is 11.8 Å². The summed E-state index contributed by atoms with van der Waals surface area (Å²) >= 11 is 0. The number of benzene rings is 2. The Labute approximate surface area is 291 Å². The fourth-order valence-corrected chi connectivity index (χ4v) is 6.17. The average Bonchev–Trinajstić information content (AvgIpc) is 3.90. The molecule has 14 nitrogen and oxygen atoms in total. The molecule has 6 N–H and O–H groups in total. The van der Waals surface area contributed by atoms with E-state index < -0.39 is 36.4 Å². The van der Waals surface area contributed by atoms with E-state index in [2.05, 4.69) is 52.8 Å². The van der Waals surface area contributed by atoms with Crippen molar-refractivity contribution in [2.45, 2.75) is 64.9 Å². The minimum absolute atomic E-state index is 0.00742. The summed E-state index contributed by atoms with van der Waals surface area (Å²) in [5.41, 5.74) is 5.55. The topological polar surface area (TPSA) is 187 Å². The van der Waals surface area contributed by atoms with Gasteiger partial charge in [-0.2, -0.15) is 0 Å². The molecule has 3 amide bonds. The van der Waals surface area contributed by atoms with Gasteiger partial charge < -0.3 is 35.2 Å². The molecular formula is C36H46N8O6. The lowest BCUT2D eigenvalue weighted by Crippen LogP contribution is -2.54. The molecular weight excluding hydrogens is 640 g/mol. The van der Waals surface area contributed by atoms with Crippen LogP contribution in [0.4, 0.5) is 15.5 Å².